The topological polar surface area (TPSA) is 94.9 Å². The van der Waals surface area contributed by atoms with Gasteiger partial charge in [-0.3, -0.25) is 19.2 Å². The molecule has 0 N–H and O–H groups in total. The van der Waals surface area contributed by atoms with Gasteiger partial charge in [-0.15, -0.1) is 0 Å². The maximum atomic E-state index is 11.0. The van der Waals surface area contributed by atoms with E-state index in [4.69, 9.17) is 4.98 Å². The first kappa shape index (κ1) is 18.8. The number of rotatable bonds is 5. The van der Waals surface area contributed by atoms with Gasteiger partial charge in [0.2, 0.25) is 0 Å². The van der Waals surface area contributed by atoms with E-state index in [9.17, 15) is 8.76 Å². The molecule has 150 valence electrons. The number of para-hydroxylation sites is 1. The number of hydrogen-bond donors (Lipinski definition) is 0. The van der Waals surface area contributed by atoms with E-state index in [0.29, 0.717) is 5.56 Å². The van der Waals surface area contributed by atoms with Crippen LogP contribution in [0.2, 0.25) is 0 Å². The Labute approximate surface area is 176 Å². The van der Waals surface area contributed by atoms with Crippen molar-refractivity contribution in [3.63, 3.8) is 0 Å². The average Bonchev–Trinajstić information content (AvgIpc) is 2.73. The number of hydrogen-bond acceptors (Lipinski definition) is 7. The minimum atomic E-state index is -2.16. The summed E-state index contributed by atoms with van der Waals surface area (Å²) in [4.78, 5) is 20.3. The van der Waals surface area contributed by atoms with Crippen molar-refractivity contribution in [1.29, 1.82) is 0 Å². The number of nitrogens with zero attached hydrogens (tertiary/aromatic N) is 5. The Balaban J connectivity index is 1.38. The van der Waals surface area contributed by atoms with Gasteiger partial charge in [-0.1, -0.05) is 29.3 Å². The van der Waals surface area contributed by atoms with Crippen LogP contribution in [0, 0.1) is 0 Å². The molecule has 4 aromatic rings. The van der Waals surface area contributed by atoms with Crippen LogP contribution in [0.3, 0.4) is 0 Å². The van der Waals surface area contributed by atoms with E-state index in [1.165, 1.54) is 0 Å². The van der Waals surface area contributed by atoms with Crippen LogP contribution < -0.4 is 4.90 Å². The van der Waals surface area contributed by atoms with Gasteiger partial charge in [-0.05, 0) is 29.8 Å². The highest BCUT2D eigenvalue weighted by Crippen LogP contribution is 2.34. The van der Waals surface area contributed by atoms with Gasteiger partial charge >= 0.3 is 0 Å². The van der Waals surface area contributed by atoms with Crippen LogP contribution in [0.25, 0.3) is 22.2 Å². The Morgan fingerprint density at radius 2 is 1.90 bits per heavy atom. The van der Waals surface area contributed by atoms with Gasteiger partial charge in [0.1, 0.15) is 5.82 Å². The predicted molar refractivity (Wildman–Crippen MR) is 115 cm³/mol. The molecule has 3 aromatic heterocycles. The Hall–Kier alpha value is -3.23. The van der Waals surface area contributed by atoms with E-state index in [1.54, 1.807) is 24.8 Å². The normalized spacial score (nSPS) is 15.2. The molecule has 30 heavy (non-hydrogen) atoms. The molecule has 1 saturated heterocycles. The molecular formula is C22H18N5O2S-. The lowest BCUT2D eigenvalue weighted by molar-refractivity contribution is 0.509. The summed E-state index contributed by atoms with van der Waals surface area (Å²) in [6.45, 7) is 1.60. The molecule has 1 aliphatic heterocycles. The second-order valence-corrected chi connectivity index (χ2v) is 8.18. The molecular weight excluding hydrogens is 398 g/mol. The molecule has 1 aliphatic rings. The number of anilines is 1. The Morgan fingerprint density at radius 3 is 2.77 bits per heavy atom. The quantitative estimate of drug-likeness (QED) is 0.461. The summed E-state index contributed by atoms with van der Waals surface area (Å²) >= 11 is -2.16. The Kier molecular flexibility index (Phi) is 4.94. The number of fused-ring (bicyclic) bond motifs is 1. The Morgan fingerprint density at radius 1 is 1.07 bits per heavy atom. The summed E-state index contributed by atoms with van der Waals surface area (Å²) < 4.78 is 22.1. The highest BCUT2D eigenvalue weighted by Gasteiger charge is 2.32. The molecule has 1 unspecified atom stereocenters. The summed E-state index contributed by atoms with van der Waals surface area (Å²) in [6.07, 6.45) is 6.61. The minimum Gasteiger partial charge on any atom is -0.772 e. The van der Waals surface area contributed by atoms with Crippen molar-refractivity contribution in [2.75, 3.05) is 18.0 Å². The summed E-state index contributed by atoms with van der Waals surface area (Å²) in [5.41, 5.74) is 4.05. The zero-order valence-electron chi connectivity index (χ0n) is 16.0. The molecule has 0 radical (unpaired) electrons. The van der Waals surface area contributed by atoms with Gasteiger partial charge in [0, 0.05) is 60.5 Å². The lowest BCUT2D eigenvalue weighted by Gasteiger charge is -2.40. The van der Waals surface area contributed by atoms with E-state index in [-0.39, 0.29) is 11.7 Å². The van der Waals surface area contributed by atoms with Crippen LogP contribution in [0.1, 0.15) is 17.2 Å². The fourth-order valence-corrected chi connectivity index (χ4v) is 4.20. The molecule has 0 aliphatic carbocycles. The first-order valence-corrected chi connectivity index (χ1v) is 10.8. The van der Waals surface area contributed by atoms with Gasteiger partial charge in [0.05, 0.1) is 16.9 Å². The van der Waals surface area contributed by atoms with Gasteiger partial charge in [-0.2, -0.15) is 0 Å². The lowest BCUT2D eigenvalue weighted by atomic mass is 9.92. The van der Waals surface area contributed by atoms with Crippen LogP contribution in [-0.4, -0.2) is 41.8 Å². The summed E-state index contributed by atoms with van der Waals surface area (Å²) in [5.74, 6) is 1.11. The van der Waals surface area contributed by atoms with Crippen molar-refractivity contribution in [2.24, 2.45) is 0 Å². The molecule has 5 rings (SSSR count). The summed E-state index contributed by atoms with van der Waals surface area (Å²) in [7, 11) is 0. The van der Waals surface area contributed by atoms with E-state index in [0.717, 1.165) is 46.8 Å². The van der Waals surface area contributed by atoms with Crippen molar-refractivity contribution >= 4 is 27.8 Å². The molecule has 0 spiro atoms. The largest absolute Gasteiger partial charge is 0.772 e. The van der Waals surface area contributed by atoms with Crippen molar-refractivity contribution in [1.82, 2.24) is 19.9 Å². The highest BCUT2D eigenvalue weighted by atomic mass is 32.2. The van der Waals surface area contributed by atoms with E-state index in [2.05, 4.69) is 32.0 Å². The molecule has 7 nitrogen and oxygen atoms in total. The molecule has 1 aromatic carbocycles. The maximum absolute atomic E-state index is 11.0. The fourth-order valence-electron chi connectivity index (χ4n) is 3.77. The van der Waals surface area contributed by atoms with E-state index >= 15 is 0 Å². The van der Waals surface area contributed by atoms with E-state index < -0.39 is 11.1 Å². The highest BCUT2D eigenvalue weighted by molar-refractivity contribution is 7.78. The molecule has 0 amide bonds. The Bertz CT molecular complexity index is 1240. The molecule has 4 heterocycles. The standard InChI is InChI=1S/C22H19N5O2S/c28-30(29)14-15-9-17(11-23-10-15)21-22(25-8-7-24-21)18-12-27(13-18)20-6-5-16-3-1-2-4-19(16)26-20/h1-11,18H,12-14H2,(H,28,29)/p-1. The third kappa shape index (κ3) is 3.67. The first-order chi connectivity index (χ1) is 14.7. The third-order valence-corrected chi connectivity index (χ3v) is 5.82. The SMILES string of the molecule is O=S([O-])Cc1cncc(-c2nccnc2C2CN(c3ccc4ccccc4n3)C2)c1. The van der Waals surface area contributed by atoms with Crippen molar-refractivity contribution in [3.05, 3.63) is 78.5 Å². The zero-order chi connectivity index (χ0) is 20.5. The summed E-state index contributed by atoms with van der Waals surface area (Å²) in [5, 5.41) is 1.13. The van der Waals surface area contributed by atoms with Crippen molar-refractivity contribution < 1.29 is 8.76 Å². The van der Waals surface area contributed by atoms with Gasteiger partial charge in [-0.25, -0.2) is 4.98 Å². The van der Waals surface area contributed by atoms with Crippen LogP contribution in [0.5, 0.6) is 0 Å². The van der Waals surface area contributed by atoms with Crippen molar-refractivity contribution in [3.8, 4) is 11.3 Å². The van der Waals surface area contributed by atoms with Crippen molar-refractivity contribution in [2.45, 2.75) is 11.7 Å². The van der Waals surface area contributed by atoms with Crippen LogP contribution in [0.4, 0.5) is 5.82 Å². The van der Waals surface area contributed by atoms with Gasteiger partial charge < -0.3 is 9.45 Å². The van der Waals surface area contributed by atoms with Crippen LogP contribution >= 0.6 is 0 Å². The van der Waals surface area contributed by atoms with Gasteiger partial charge in [0.25, 0.3) is 0 Å². The minimum absolute atomic E-state index is 0.0682. The smallest absolute Gasteiger partial charge is 0.129 e. The number of aromatic nitrogens is 4. The van der Waals surface area contributed by atoms with Crippen LogP contribution in [0.15, 0.2) is 67.3 Å². The second-order valence-electron chi connectivity index (χ2n) is 7.28. The predicted octanol–water partition coefficient (Wildman–Crippen LogP) is 3.07. The molecule has 0 bridgehead atoms. The van der Waals surface area contributed by atoms with Crippen LogP contribution in [-0.2, 0) is 16.8 Å². The van der Waals surface area contributed by atoms with Gasteiger partial charge in [0.15, 0.2) is 0 Å². The molecule has 0 saturated carbocycles. The zero-order valence-corrected chi connectivity index (χ0v) is 16.8. The summed E-state index contributed by atoms with van der Waals surface area (Å²) in [6, 6.07) is 14.0. The number of benzene rings is 1. The lowest BCUT2D eigenvalue weighted by Crippen LogP contribution is -2.46. The maximum Gasteiger partial charge on any atom is 0.129 e. The first-order valence-electron chi connectivity index (χ1n) is 9.59. The average molecular weight is 416 g/mol. The molecule has 1 fully saturated rings. The second kappa shape index (κ2) is 7.89. The molecule has 1 atom stereocenters. The molecule has 8 heteroatoms. The monoisotopic (exact) mass is 416 g/mol. The van der Waals surface area contributed by atoms with E-state index in [1.807, 2.05) is 30.3 Å². The third-order valence-electron chi connectivity index (χ3n) is 5.26. The fraction of sp³-hybridized carbons (Fsp3) is 0.182. The number of pyridine rings is 2.